The Hall–Kier alpha value is -2.57. The third-order valence-electron chi connectivity index (χ3n) is 6.10. The van der Waals surface area contributed by atoms with Crippen LogP contribution in [0.2, 0.25) is 0 Å². The Labute approximate surface area is 158 Å². The molecule has 1 saturated carbocycles. The van der Waals surface area contributed by atoms with Crippen LogP contribution in [0.25, 0.3) is 0 Å². The van der Waals surface area contributed by atoms with E-state index in [-0.39, 0.29) is 30.3 Å². The molecule has 4 amide bonds. The molecule has 27 heavy (non-hydrogen) atoms. The molecule has 7 nitrogen and oxygen atoms in total. The zero-order valence-corrected chi connectivity index (χ0v) is 15.5. The maximum absolute atomic E-state index is 13.0. The Morgan fingerprint density at radius 3 is 2.93 bits per heavy atom. The van der Waals surface area contributed by atoms with Crippen LogP contribution < -0.4 is 15.4 Å². The fourth-order valence-corrected chi connectivity index (χ4v) is 4.51. The lowest BCUT2D eigenvalue weighted by Gasteiger charge is -2.36. The molecule has 0 aromatic heterocycles. The van der Waals surface area contributed by atoms with Crippen molar-refractivity contribution in [1.82, 2.24) is 15.5 Å². The van der Waals surface area contributed by atoms with E-state index in [1.54, 1.807) is 0 Å². The molecule has 2 fully saturated rings. The van der Waals surface area contributed by atoms with Gasteiger partial charge in [-0.3, -0.25) is 14.5 Å². The molecule has 2 N–H and O–H groups in total. The van der Waals surface area contributed by atoms with E-state index >= 15 is 0 Å². The van der Waals surface area contributed by atoms with Crippen molar-refractivity contribution in [2.75, 3.05) is 13.2 Å². The van der Waals surface area contributed by atoms with Gasteiger partial charge in [-0.1, -0.05) is 38.0 Å². The molecule has 1 aromatic rings. The van der Waals surface area contributed by atoms with Gasteiger partial charge in [-0.25, -0.2) is 4.79 Å². The van der Waals surface area contributed by atoms with Crippen molar-refractivity contribution in [3.8, 4) is 5.75 Å². The summed E-state index contributed by atoms with van der Waals surface area (Å²) < 4.78 is 5.61. The lowest BCUT2D eigenvalue weighted by atomic mass is 9.73. The number of amides is 4. The number of rotatable bonds is 3. The molecule has 0 radical (unpaired) electrons. The number of nitrogens with zero attached hydrogens (tertiary/aromatic N) is 1. The number of hydrogen-bond donors (Lipinski definition) is 2. The second-order valence-electron chi connectivity index (χ2n) is 7.73. The number of urea groups is 1. The van der Waals surface area contributed by atoms with Crippen LogP contribution in [0, 0.1) is 5.92 Å². The van der Waals surface area contributed by atoms with Gasteiger partial charge >= 0.3 is 6.03 Å². The Morgan fingerprint density at radius 1 is 1.30 bits per heavy atom. The Morgan fingerprint density at radius 2 is 2.11 bits per heavy atom. The Bertz CT molecular complexity index is 780. The van der Waals surface area contributed by atoms with Crippen LogP contribution in [-0.2, 0) is 9.59 Å². The minimum Gasteiger partial charge on any atom is -0.493 e. The van der Waals surface area contributed by atoms with Crippen LogP contribution in [0.1, 0.15) is 50.6 Å². The normalized spacial score (nSPS) is 29.9. The minimum absolute atomic E-state index is 0.0816. The lowest BCUT2D eigenvalue weighted by Crippen LogP contribution is -2.54. The van der Waals surface area contributed by atoms with Gasteiger partial charge in [0.05, 0.1) is 12.6 Å². The number of carbonyl (C=O) groups is 3. The highest BCUT2D eigenvalue weighted by atomic mass is 16.5. The zero-order chi connectivity index (χ0) is 19.0. The largest absolute Gasteiger partial charge is 0.493 e. The number of para-hydroxylation sites is 1. The van der Waals surface area contributed by atoms with Crippen molar-refractivity contribution in [2.24, 2.45) is 5.92 Å². The highest BCUT2D eigenvalue weighted by Crippen LogP contribution is 2.38. The number of hydrogen-bond acceptors (Lipinski definition) is 4. The van der Waals surface area contributed by atoms with E-state index in [1.165, 1.54) is 0 Å². The third kappa shape index (κ3) is 3.05. The van der Waals surface area contributed by atoms with Gasteiger partial charge in [-0.15, -0.1) is 0 Å². The highest BCUT2D eigenvalue weighted by Gasteiger charge is 2.55. The maximum Gasteiger partial charge on any atom is 0.325 e. The SMILES string of the molecule is C[C@H]1CCCC[C@]12NC(=O)N(CC(=O)N[C@@H]1CCOc3ccccc31)C2=O. The van der Waals surface area contributed by atoms with Gasteiger partial charge in [0.15, 0.2) is 0 Å². The van der Waals surface area contributed by atoms with Crippen molar-refractivity contribution < 1.29 is 19.1 Å². The third-order valence-corrected chi connectivity index (χ3v) is 6.10. The summed E-state index contributed by atoms with van der Waals surface area (Å²) in [5.74, 6) is 0.250. The lowest BCUT2D eigenvalue weighted by molar-refractivity contribution is -0.137. The molecule has 1 aromatic carbocycles. The average molecular weight is 371 g/mol. The first kappa shape index (κ1) is 17.8. The zero-order valence-electron chi connectivity index (χ0n) is 15.5. The number of nitrogens with one attached hydrogen (secondary N) is 2. The predicted octanol–water partition coefficient (Wildman–Crippen LogP) is 2.13. The fourth-order valence-electron chi connectivity index (χ4n) is 4.51. The molecule has 0 unspecified atom stereocenters. The van der Waals surface area contributed by atoms with E-state index in [9.17, 15) is 14.4 Å². The first-order chi connectivity index (χ1) is 13.0. The first-order valence-electron chi connectivity index (χ1n) is 9.66. The number of benzene rings is 1. The van der Waals surface area contributed by atoms with E-state index < -0.39 is 11.6 Å². The summed E-state index contributed by atoms with van der Waals surface area (Å²) >= 11 is 0. The molecule has 144 valence electrons. The van der Waals surface area contributed by atoms with Crippen molar-refractivity contribution in [3.63, 3.8) is 0 Å². The van der Waals surface area contributed by atoms with Gasteiger partial charge < -0.3 is 15.4 Å². The number of carbonyl (C=O) groups excluding carboxylic acids is 3. The monoisotopic (exact) mass is 371 g/mol. The van der Waals surface area contributed by atoms with Crippen molar-refractivity contribution in [3.05, 3.63) is 29.8 Å². The topological polar surface area (TPSA) is 87.7 Å². The highest BCUT2D eigenvalue weighted by molar-refractivity contribution is 6.09. The smallest absolute Gasteiger partial charge is 0.325 e. The van der Waals surface area contributed by atoms with Crippen LogP contribution in [0.4, 0.5) is 4.79 Å². The number of ether oxygens (including phenoxy) is 1. The molecular weight excluding hydrogens is 346 g/mol. The average Bonchev–Trinajstić information content (AvgIpc) is 2.89. The summed E-state index contributed by atoms with van der Waals surface area (Å²) in [5.41, 5.74) is 0.0904. The summed E-state index contributed by atoms with van der Waals surface area (Å²) in [6, 6.07) is 6.95. The number of fused-ring (bicyclic) bond motifs is 1. The van der Waals surface area contributed by atoms with E-state index in [2.05, 4.69) is 10.6 Å². The molecule has 7 heteroatoms. The van der Waals surface area contributed by atoms with E-state index in [0.29, 0.717) is 19.4 Å². The van der Waals surface area contributed by atoms with Crippen LogP contribution in [0.15, 0.2) is 24.3 Å². The predicted molar refractivity (Wildman–Crippen MR) is 98.0 cm³/mol. The second-order valence-corrected chi connectivity index (χ2v) is 7.73. The van der Waals surface area contributed by atoms with Crippen LogP contribution in [0.5, 0.6) is 5.75 Å². The fraction of sp³-hybridized carbons (Fsp3) is 0.550. The molecule has 1 aliphatic carbocycles. The molecule has 0 bridgehead atoms. The molecular formula is C20H25N3O4. The van der Waals surface area contributed by atoms with Gasteiger partial charge in [0.25, 0.3) is 5.91 Å². The summed E-state index contributed by atoms with van der Waals surface area (Å²) in [6.45, 7) is 2.27. The van der Waals surface area contributed by atoms with E-state index in [4.69, 9.17) is 4.74 Å². The molecule has 2 heterocycles. The second kappa shape index (κ2) is 6.87. The van der Waals surface area contributed by atoms with Crippen molar-refractivity contribution in [1.29, 1.82) is 0 Å². The molecule has 1 saturated heterocycles. The van der Waals surface area contributed by atoms with E-state index in [1.807, 2.05) is 31.2 Å². The van der Waals surface area contributed by atoms with Gasteiger partial charge in [0, 0.05) is 12.0 Å². The minimum atomic E-state index is -0.832. The first-order valence-corrected chi connectivity index (χ1v) is 9.66. The molecule has 2 aliphatic heterocycles. The van der Waals surface area contributed by atoms with Gasteiger partial charge in [0.2, 0.25) is 5.91 Å². The molecule has 4 rings (SSSR count). The van der Waals surface area contributed by atoms with Gasteiger partial charge in [-0.2, -0.15) is 0 Å². The summed E-state index contributed by atoms with van der Waals surface area (Å²) in [6.07, 6.45) is 4.18. The molecule has 1 spiro atoms. The standard InChI is InChI=1S/C20H25N3O4/c1-13-6-4-5-10-20(13)18(25)23(19(26)22-20)12-17(24)21-15-9-11-27-16-8-3-2-7-14(15)16/h2-3,7-8,13,15H,4-6,9-12H2,1H3,(H,21,24)(H,22,26)/t13-,15+,20-/m0/s1. The van der Waals surface area contributed by atoms with Crippen molar-refractivity contribution in [2.45, 2.75) is 50.6 Å². The Kier molecular flexibility index (Phi) is 4.53. The van der Waals surface area contributed by atoms with Crippen LogP contribution in [-0.4, -0.2) is 41.4 Å². The van der Waals surface area contributed by atoms with Gasteiger partial charge in [0.1, 0.15) is 17.8 Å². The summed E-state index contributed by atoms with van der Waals surface area (Å²) in [7, 11) is 0. The van der Waals surface area contributed by atoms with Crippen LogP contribution in [0.3, 0.4) is 0 Å². The number of imide groups is 1. The Balaban J connectivity index is 1.44. The molecule has 3 atom stereocenters. The summed E-state index contributed by atoms with van der Waals surface area (Å²) in [4.78, 5) is 39.1. The van der Waals surface area contributed by atoms with Crippen LogP contribution >= 0.6 is 0 Å². The quantitative estimate of drug-likeness (QED) is 0.797. The van der Waals surface area contributed by atoms with Crippen molar-refractivity contribution >= 4 is 17.8 Å². The van der Waals surface area contributed by atoms with E-state index in [0.717, 1.165) is 35.5 Å². The molecule has 3 aliphatic rings. The van der Waals surface area contributed by atoms with Gasteiger partial charge in [-0.05, 0) is 24.8 Å². The maximum atomic E-state index is 13.0. The summed E-state index contributed by atoms with van der Waals surface area (Å²) in [5, 5.41) is 5.83.